The average Bonchev–Trinajstić information content (AvgIpc) is 2.59. The fourth-order valence-electron chi connectivity index (χ4n) is 1.53. The molecule has 0 bridgehead atoms. The van der Waals surface area contributed by atoms with Crippen molar-refractivity contribution in [2.75, 3.05) is 37.9 Å². The van der Waals surface area contributed by atoms with Crippen LogP contribution >= 0.6 is 0 Å². The third-order valence-electron chi connectivity index (χ3n) is 2.42. The molecule has 1 rings (SSSR count). The third-order valence-corrected chi connectivity index (χ3v) is 3.34. The largest absolute Gasteiger partial charge is 0.396 e. The zero-order valence-corrected chi connectivity index (χ0v) is 11.5. The van der Waals surface area contributed by atoms with Gasteiger partial charge in [-0.1, -0.05) is 0 Å². The van der Waals surface area contributed by atoms with Gasteiger partial charge in [0.1, 0.15) is 9.84 Å². The Morgan fingerprint density at radius 2 is 2.28 bits per heavy atom. The molecule has 7 nitrogen and oxygen atoms in total. The minimum Gasteiger partial charge on any atom is -0.396 e. The van der Waals surface area contributed by atoms with Crippen molar-refractivity contribution >= 4 is 15.5 Å². The number of aliphatic hydroxyl groups excluding tert-OH is 1. The Labute approximate surface area is 107 Å². The van der Waals surface area contributed by atoms with Gasteiger partial charge in [-0.2, -0.15) is 5.10 Å². The summed E-state index contributed by atoms with van der Waals surface area (Å²) in [7, 11) is -1.20. The number of hydrogen-bond donors (Lipinski definition) is 2. The van der Waals surface area contributed by atoms with E-state index in [4.69, 9.17) is 5.73 Å². The molecular weight excluding hydrogens is 256 g/mol. The molecule has 1 aromatic heterocycles. The minimum absolute atomic E-state index is 0.0882. The Morgan fingerprint density at radius 3 is 2.78 bits per heavy atom. The van der Waals surface area contributed by atoms with Gasteiger partial charge in [0, 0.05) is 25.5 Å². The lowest BCUT2D eigenvalue weighted by molar-refractivity contribution is 0.109. The molecule has 104 valence electrons. The van der Waals surface area contributed by atoms with Crippen LogP contribution in [0.15, 0.2) is 12.4 Å². The quantitative estimate of drug-likeness (QED) is 0.649. The van der Waals surface area contributed by atoms with Crippen molar-refractivity contribution in [1.29, 1.82) is 0 Å². The van der Waals surface area contributed by atoms with Crippen LogP contribution in [0.4, 0.5) is 5.69 Å². The molecular formula is C10H20N4O3S. The van der Waals surface area contributed by atoms with E-state index >= 15 is 0 Å². The number of sulfone groups is 1. The van der Waals surface area contributed by atoms with Crippen molar-refractivity contribution < 1.29 is 13.5 Å². The van der Waals surface area contributed by atoms with E-state index in [0.717, 1.165) is 0 Å². The molecule has 1 atom stereocenters. The second-order valence-electron chi connectivity index (χ2n) is 4.54. The van der Waals surface area contributed by atoms with Crippen LogP contribution < -0.4 is 5.73 Å². The molecule has 0 amide bonds. The lowest BCUT2D eigenvalue weighted by atomic mass is 10.3. The molecule has 3 N–H and O–H groups in total. The predicted molar refractivity (Wildman–Crippen MR) is 69.9 cm³/mol. The highest BCUT2D eigenvalue weighted by atomic mass is 32.2. The summed E-state index contributed by atoms with van der Waals surface area (Å²) in [5.41, 5.74) is 6.06. The summed E-state index contributed by atoms with van der Waals surface area (Å²) >= 11 is 0. The molecule has 18 heavy (non-hydrogen) atoms. The standard InChI is InChI=1S/C10H20N4O3S/c1-13(3-4-18(2,16)17)7-10(15)8-14-6-9(11)5-12-14/h5-6,10,15H,3-4,7-8,11H2,1-2H3. The molecule has 0 spiro atoms. The van der Waals surface area contributed by atoms with Gasteiger partial charge in [0.2, 0.25) is 0 Å². The maximum Gasteiger partial charge on any atom is 0.148 e. The molecule has 0 aromatic carbocycles. The van der Waals surface area contributed by atoms with Gasteiger partial charge in [-0.25, -0.2) is 8.42 Å². The van der Waals surface area contributed by atoms with Crippen LogP contribution in [0.1, 0.15) is 0 Å². The summed E-state index contributed by atoms with van der Waals surface area (Å²) in [4.78, 5) is 1.78. The molecule has 0 radical (unpaired) electrons. The Morgan fingerprint density at radius 1 is 1.61 bits per heavy atom. The number of likely N-dealkylation sites (N-methyl/N-ethyl adjacent to an activating group) is 1. The first-order valence-corrected chi connectivity index (χ1v) is 7.64. The van der Waals surface area contributed by atoms with E-state index in [-0.39, 0.29) is 5.75 Å². The average molecular weight is 276 g/mol. The van der Waals surface area contributed by atoms with Crippen LogP contribution in [0.25, 0.3) is 0 Å². The zero-order valence-electron chi connectivity index (χ0n) is 10.7. The van der Waals surface area contributed by atoms with Gasteiger partial charge in [-0.15, -0.1) is 0 Å². The molecule has 1 heterocycles. The number of nitrogens with two attached hydrogens (primary N) is 1. The minimum atomic E-state index is -2.97. The number of anilines is 1. The number of aromatic nitrogens is 2. The van der Waals surface area contributed by atoms with Crippen molar-refractivity contribution in [3.8, 4) is 0 Å². The monoisotopic (exact) mass is 276 g/mol. The van der Waals surface area contributed by atoms with Gasteiger partial charge < -0.3 is 15.7 Å². The van der Waals surface area contributed by atoms with Crippen molar-refractivity contribution in [3.05, 3.63) is 12.4 Å². The fourth-order valence-corrected chi connectivity index (χ4v) is 2.17. The summed E-state index contributed by atoms with van der Waals surface area (Å²) in [6.07, 6.45) is 3.73. The lowest BCUT2D eigenvalue weighted by Gasteiger charge is -2.20. The van der Waals surface area contributed by atoms with E-state index in [1.54, 1.807) is 22.8 Å². The molecule has 0 saturated carbocycles. The first-order chi connectivity index (χ1) is 8.26. The molecule has 0 aliphatic heterocycles. The first kappa shape index (κ1) is 14.9. The number of rotatable bonds is 7. The van der Waals surface area contributed by atoms with E-state index < -0.39 is 15.9 Å². The van der Waals surface area contributed by atoms with Crippen molar-refractivity contribution in [3.63, 3.8) is 0 Å². The highest BCUT2D eigenvalue weighted by molar-refractivity contribution is 7.90. The smallest absolute Gasteiger partial charge is 0.148 e. The molecule has 8 heteroatoms. The van der Waals surface area contributed by atoms with E-state index in [0.29, 0.717) is 25.3 Å². The van der Waals surface area contributed by atoms with Crippen molar-refractivity contribution in [1.82, 2.24) is 14.7 Å². The highest BCUT2D eigenvalue weighted by Crippen LogP contribution is 2.00. The van der Waals surface area contributed by atoms with Crippen molar-refractivity contribution in [2.24, 2.45) is 0 Å². The van der Waals surface area contributed by atoms with E-state index in [9.17, 15) is 13.5 Å². The van der Waals surface area contributed by atoms with Gasteiger partial charge in [-0.3, -0.25) is 4.68 Å². The highest BCUT2D eigenvalue weighted by Gasteiger charge is 2.11. The number of hydrogen-bond acceptors (Lipinski definition) is 6. The Kier molecular flexibility index (Phi) is 5.12. The van der Waals surface area contributed by atoms with Gasteiger partial charge in [0.05, 0.1) is 30.3 Å². The third kappa shape index (κ3) is 5.99. The van der Waals surface area contributed by atoms with E-state index in [1.165, 1.54) is 12.5 Å². The van der Waals surface area contributed by atoms with Crippen LogP contribution in [0.3, 0.4) is 0 Å². The van der Waals surface area contributed by atoms with Gasteiger partial charge in [0.25, 0.3) is 0 Å². The Bertz CT molecular complexity index is 471. The topological polar surface area (TPSA) is 101 Å². The van der Waals surface area contributed by atoms with Gasteiger partial charge in [-0.05, 0) is 7.05 Å². The molecule has 0 saturated heterocycles. The summed E-state index contributed by atoms with van der Waals surface area (Å²) < 4.78 is 23.6. The van der Waals surface area contributed by atoms with E-state index in [1.807, 2.05) is 0 Å². The van der Waals surface area contributed by atoms with E-state index in [2.05, 4.69) is 5.10 Å². The number of aliphatic hydroxyl groups is 1. The summed E-state index contributed by atoms with van der Waals surface area (Å²) in [6.45, 7) is 1.12. The zero-order chi connectivity index (χ0) is 13.8. The number of nitrogens with zero attached hydrogens (tertiary/aromatic N) is 3. The molecule has 1 aromatic rings. The number of nitrogen functional groups attached to an aromatic ring is 1. The van der Waals surface area contributed by atoms with Crippen LogP contribution in [0.2, 0.25) is 0 Å². The molecule has 1 unspecified atom stereocenters. The summed E-state index contributed by atoms with van der Waals surface area (Å²) in [6, 6.07) is 0. The summed E-state index contributed by atoms with van der Waals surface area (Å²) in [5, 5.41) is 13.8. The predicted octanol–water partition coefficient (Wildman–Crippen LogP) is -1.20. The second-order valence-corrected chi connectivity index (χ2v) is 6.80. The van der Waals surface area contributed by atoms with Crippen LogP contribution in [0.5, 0.6) is 0 Å². The van der Waals surface area contributed by atoms with Gasteiger partial charge >= 0.3 is 0 Å². The molecule has 0 aliphatic carbocycles. The molecule has 0 fully saturated rings. The molecule has 0 aliphatic rings. The second kappa shape index (κ2) is 6.17. The van der Waals surface area contributed by atoms with Crippen molar-refractivity contribution in [2.45, 2.75) is 12.6 Å². The normalized spacial score (nSPS) is 14.0. The maximum atomic E-state index is 11.0. The van der Waals surface area contributed by atoms with Crippen LogP contribution in [-0.2, 0) is 16.4 Å². The lowest BCUT2D eigenvalue weighted by Crippen LogP contribution is -2.34. The Hall–Kier alpha value is -1.12. The van der Waals surface area contributed by atoms with Crippen LogP contribution in [0, 0.1) is 0 Å². The Balaban J connectivity index is 2.33. The SMILES string of the molecule is CN(CCS(C)(=O)=O)CC(O)Cn1cc(N)cn1. The summed E-state index contributed by atoms with van der Waals surface area (Å²) in [5.74, 6) is 0.0882. The fraction of sp³-hybridized carbons (Fsp3) is 0.700. The van der Waals surface area contributed by atoms with Crippen LogP contribution in [-0.4, -0.2) is 66.5 Å². The first-order valence-electron chi connectivity index (χ1n) is 5.58. The maximum absolute atomic E-state index is 11.0. The van der Waals surface area contributed by atoms with Gasteiger partial charge in [0.15, 0.2) is 0 Å².